The number of likely N-dealkylation sites (tertiary alicyclic amines) is 1. The molecule has 12 heavy (non-hydrogen) atoms. The molecule has 4 nitrogen and oxygen atoms in total. The molecule has 0 aliphatic carbocycles. The molecule has 1 rings (SSSR count). The summed E-state index contributed by atoms with van der Waals surface area (Å²) in [6.07, 6.45) is 0.815. The van der Waals surface area contributed by atoms with Crippen LogP contribution in [0.4, 0.5) is 0 Å². The zero-order valence-corrected chi connectivity index (χ0v) is 7.29. The van der Waals surface area contributed by atoms with E-state index in [2.05, 4.69) is 0 Å². The van der Waals surface area contributed by atoms with Gasteiger partial charge in [0.1, 0.15) is 6.61 Å². The summed E-state index contributed by atoms with van der Waals surface area (Å²) >= 11 is 0. The van der Waals surface area contributed by atoms with Crippen LogP contribution in [0, 0.1) is 5.41 Å². The van der Waals surface area contributed by atoms with Crippen LogP contribution in [0.5, 0.6) is 0 Å². The summed E-state index contributed by atoms with van der Waals surface area (Å²) in [5.41, 5.74) is -0.162. The first-order valence-electron chi connectivity index (χ1n) is 4.11. The second-order valence-corrected chi connectivity index (χ2v) is 3.69. The van der Waals surface area contributed by atoms with Gasteiger partial charge in [0, 0.05) is 18.5 Å². The lowest BCUT2D eigenvalue weighted by Gasteiger charge is -2.21. The smallest absolute Gasteiger partial charge is 0.248 e. The van der Waals surface area contributed by atoms with Gasteiger partial charge in [0.2, 0.25) is 5.91 Å². The maximum absolute atomic E-state index is 11.0. The number of hydrogen-bond donors (Lipinski definition) is 2. The lowest BCUT2D eigenvalue weighted by Crippen LogP contribution is -2.34. The quantitative estimate of drug-likeness (QED) is 0.575. The van der Waals surface area contributed by atoms with Gasteiger partial charge >= 0.3 is 0 Å². The highest BCUT2D eigenvalue weighted by molar-refractivity contribution is 5.77. The first kappa shape index (κ1) is 9.48. The predicted molar refractivity (Wildman–Crippen MR) is 43.5 cm³/mol. The fourth-order valence-corrected chi connectivity index (χ4v) is 1.47. The van der Waals surface area contributed by atoms with E-state index in [1.165, 1.54) is 0 Å². The minimum Gasteiger partial charge on any atom is -0.396 e. The molecule has 1 aliphatic rings. The predicted octanol–water partition coefficient (Wildman–Crippen LogP) is -0.790. The molecule has 1 fully saturated rings. The van der Waals surface area contributed by atoms with Crippen molar-refractivity contribution >= 4 is 5.91 Å². The third kappa shape index (κ3) is 1.76. The summed E-state index contributed by atoms with van der Waals surface area (Å²) in [5, 5.41) is 17.6. The Bertz CT molecular complexity index is 183. The van der Waals surface area contributed by atoms with Crippen molar-refractivity contribution in [3.05, 3.63) is 0 Å². The Morgan fingerprint density at radius 1 is 1.58 bits per heavy atom. The number of rotatable bonds is 2. The third-order valence-corrected chi connectivity index (χ3v) is 2.43. The highest BCUT2D eigenvalue weighted by atomic mass is 16.3. The van der Waals surface area contributed by atoms with Gasteiger partial charge in [-0.05, 0) is 6.42 Å². The molecule has 0 saturated carbocycles. The van der Waals surface area contributed by atoms with Crippen molar-refractivity contribution < 1.29 is 15.0 Å². The van der Waals surface area contributed by atoms with Crippen LogP contribution in [-0.4, -0.2) is 47.3 Å². The zero-order valence-electron chi connectivity index (χ0n) is 7.29. The van der Waals surface area contributed by atoms with E-state index < -0.39 is 6.61 Å². The number of nitrogens with zero attached hydrogens (tertiary/aromatic N) is 1. The van der Waals surface area contributed by atoms with Gasteiger partial charge in [-0.3, -0.25) is 4.79 Å². The zero-order chi connectivity index (χ0) is 9.19. The van der Waals surface area contributed by atoms with Crippen LogP contribution in [0.2, 0.25) is 0 Å². The van der Waals surface area contributed by atoms with Gasteiger partial charge in [-0.25, -0.2) is 0 Å². The van der Waals surface area contributed by atoms with Crippen molar-refractivity contribution in [2.75, 3.05) is 26.3 Å². The number of aliphatic hydroxyl groups excluding tert-OH is 2. The van der Waals surface area contributed by atoms with E-state index >= 15 is 0 Å². The number of aliphatic hydroxyl groups is 2. The molecule has 0 aromatic carbocycles. The molecular formula is C8H15NO3. The van der Waals surface area contributed by atoms with E-state index in [4.69, 9.17) is 10.2 Å². The molecule has 1 unspecified atom stereocenters. The Balaban J connectivity index is 2.50. The molecule has 0 radical (unpaired) electrons. The molecular weight excluding hydrogens is 158 g/mol. The van der Waals surface area contributed by atoms with Crippen LogP contribution in [0.15, 0.2) is 0 Å². The van der Waals surface area contributed by atoms with Crippen LogP contribution in [-0.2, 0) is 4.79 Å². The summed E-state index contributed by atoms with van der Waals surface area (Å²) in [7, 11) is 0. The fourth-order valence-electron chi connectivity index (χ4n) is 1.47. The van der Waals surface area contributed by atoms with Crippen LogP contribution in [0.3, 0.4) is 0 Å². The summed E-state index contributed by atoms with van der Waals surface area (Å²) < 4.78 is 0. The molecule has 1 amide bonds. The van der Waals surface area contributed by atoms with Gasteiger partial charge in [0.15, 0.2) is 0 Å². The average molecular weight is 173 g/mol. The van der Waals surface area contributed by atoms with Gasteiger partial charge < -0.3 is 15.1 Å². The minimum atomic E-state index is -0.429. The van der Waals surface area contributed by atoms with E-state index in [0.29, 0.717) is 13.1 Å². The Morgan fingerprint density at radius 2 is 2.25 bits per heavy atom. The van der Waals surface area contributed by atoms with Crippen molar-refractivity contribution in [1.82, 2.24) is 4.90 Å². The first-order chi connectivity index (χ1) is 5.61. The van der Waals surface area contributed by atoms with Gasteiger partial charge in [0.05, 0.1) is 6.61 Å². The Morgan fingerprint density at radius 3 is 2.67 bits per heavy atom. The standard InChI is InChI=1S/C8H15NO3/c1-8(6-11)2-3-9(5-8)7(12)4-10/h10-11H,2-6H2,1H3. The number of carbonyl (C=O) groups excluding carboxylic acids is 1. The Kier molecular flexibility index (Phi) is 2.69. The second kappa shape index (κ2) is 3.41. The van der Waals surface area contributed by atoms with Gasteiger partial charge in [-0.1, -0.05) is 6.92 Å². The molecule has 0 spiro atoms. The van der Waals surface area contributed by atoms with E-state index in [-0.39, 0.29) is 17.9 Å². The molecule has 4 heteroatoms. The first-order valence-corrected chi connectivity index (χ1v) is 4.11. The van der Waals surface area contributed by atoms with Crippen molar-refractivity contribution in [2.24, 2.45) is 5.41 Å². The van der Waals surface area contributed by atoms with E-state index in [9.17, 15) is 4.79 Å². The molecule has 1 saturated heterocycles. The van der Waals surface area contributed by atoms with Crippen LogP contribution >= 0.6 is 0 Å². The second-order valence-electron chi connectivity index (χ2n) is 3.69. The molecule has 2 N–H and O–H groups in total. The Hall–Kier alpha value is -0.610. The SMILES string of the molecule is CC1(CO)CCN(C(=O)CO)C1. The van der Waals surface area contributed by atoms with E-state index in [0.717, 1.165) is 6.42 Å². The average Bonchev–Trinajstić information content (AvgIpc) is 2.48. The van der Waals surface area contributed by atoms with Crippen LogP contribution in [0.1, 0.15) is 13.3 Å². The monoisotopic (exact) mass is 173 g/mol. The van der Waals surface area contributed by atoms with Crippen molar-refractivity contribution in [2.45, 2.75) is 13.3 Å². The van der Waals surface area contributed by atoms with Gasteiger partial charge in [-0.15, -0.1) is 0 Å². The number of carbonyl (C=O) groups is 1. The maximum Gasteiger partial charge on any atom is 0.248 e. The lowest BCUT2D eigenvalue weighted by atomic mass is 9.91. The molecule has 1 atom stereocenters. The normalized spacial score (nSPS) is 29.4. The number of hydrogen-bond acceptors (Lipinski definition) is 3. The van der Waals surface area contributed by atoms with E-state index in [1.54, 1.807) is 4.90 Å². The van der Waals surface area contributed by atoms with Crippen LogP contribution in [0.25, 0.3) is 0 Å². The largest absolute Gasteiger partial charge is 0.396 e. The van der Waals surface area contributed by atoms with E-state index in [1.807, 2.05) is 6.92 Å². The topological polar surface area (TPSA) is 60.8 Å². The minimum absolute atomic E-state index is 0.0994. The Labute approximate surface area is 71.8 Å². The molecule has 70 valence electrons. The van der Waals surface area contributed by atoms with Crippen molar-refractivity contribution in [3.8, 4) is 0 Å². The molecule has 0 aromatic rings. The van der Waals surface area contributed by atoms with Crippen LogP contribution < -0.4 is 0 Å². The molecule has 0 bridgehead atoms. The lowest BCUT2D eigenvalue weighted by molar-refractivity contribution is -0.133. The third-order valence-electron chi connectivity index (χ3n) is 2.43. The molecule has 0 aromatic heterocycles. The summed E-state index contributed by atoms with van der Waals surface area (Å²) in [5.74, 6) is -0.243. The maximum atomic E-state index is 11.0. The summed E-state index contributed by atoms with van der Waals surface area (Å²) in [6.45, 7) is 2.82. The number of amides is 1. The highest BCUT2D eigenvalue weighted by Gasteiger charge is 2.34. The fraction of sp³-hybridized carbons (Fsp3) is 0.875. The summed E-state index contributed by atoms with van der Waals surface area (Å²) in [6, 6.07) is 0. The van der Waals surface area contributed by atoms with Gasteiger partial charge in [-0.2, -0.15) is 0 Å². The van der Waals surface area contributed by atoms with Crippen molar-refractivity contribution in [1.29, 1.82) is 0 Å². The van der Waals surface area contributed by atoms with Gasteiger partial charge in [0.25, 0.3) is 0 Å². The van der Waals surface area contributed by atoms with Crippen molar-refractivity contribution in [3.63, 3.8) is 0 Å². The molecule has 1 heterocycles. The highest BCUT2D eigenvalue weighted by Crippen LogP contribution is 2.28. The molecule has 1 aliphatic heterocycles. The summed E-state index contributed by atoms with van der Waals surface area (Å²) in [4.78, 5) is 12.6.